The number of carbonyl (C=O) groups is 1. The Balaban J connectivity index is 1.40. The molecule has 52 heavy (non-hydrogen) atoms. The molecule has 3 aromatic heterocycles. The van der Waals surface area contributed by atoms with Gasteiger partial charge >= 0.3 is 15.0 Å². The molecule has 1 aliphatic heterocycles. The Morgan fingerprint density at radius 1 is 1.31 bits per heavy atom. The molecule has 20 nitrogen and oxygen atoms in total. The highest BCUT2D eigenvalue weighted by molar-refractivity contribution is 8.07. The zero-order chi connectivity index (χ0) is 37.6. The van der Waals surface area contributed by atoms with E-state index in [1.807, 2.05) is 12.1 Å². The van der Waals surface area contributed by atoms with Crippen molar-refractivity contribution < 1.29 is 42.2 Å². The maximum atomic E-state index is 12.9. The predicted molar refractivity (Wildman–Crippen MR) is 185 cm³/mol. The van der Waals surface area contributed by atoms with E-state index in [2.05, 4.69) is 35.6 Å². The molecule has 23 heteroatoms. The van der Waals surface area contributed by atoms with Crippen LogP contribution in [0, 0.1) is 40.4 Å². The third-order valence-electron chi connectivity index (χ3n) is 8.54. The van der Waals surface area contributed by atoms with Crippen molar-refractivity contribution >= 4 is 55.6 Å². The van der Waals surface area contributed by atoms with Gasteiger partial charge in [-0.25, -0.2) is 15.0 Å². The minimum absolute atomic E-state index is 0.0411. The van der Waals surface area contributed by atoms with Crippen molar-refractivity contribution in [2.45, 2.75) is 70.6 Å². The van der Waals surface area contributed by atoms with Crippen molar-refractivity contribution in [1.29, 1.82) is 10.5 Å². The second-order valence-corrected chi connectivity index (χ2v) is 16.0. The number of aliphatic hydroxyl groups is 1. The van der Waals surface area contributed by atoms with Gasteiger partial charge in [-0.1, -0.05) is 20.8 Å². The number of carbonyl (C=O) groups excluding carboxylic acids is 1. The molecule has 0 aromatic carbocycles. The van der Waals surface area contributed by atoms with Gasteiger partial charge < -0.3 is 28.7 Å². The van der Waals surface area contributed by atoms with E-state index >= 15 is 0 Å². The molecule has 1 amide bonds. The van der Waals surface area contributed by atoms with Gasteiger partial charge in [-0.15, -0.1) is 9.42 Å². The van der Waals surface area contributed by atoms with Gasteiger partial charge in [0.25, 0.3) is 5.56 Å². The molecule has 9 atom stereocenters. The lowest BCUT2D eigenvalue weighted by atomic mass is 10.0. The Labute approximate surface area is 303 Å². The minimum Gasteiger partial charge on any atom is -0.394 e. The molecule has 1 saturated carbocycles. The molecule has 5 rings (SSSR count). The highest BCUT2D eigenvalue weighted by Gasteiger charge is 2.48. The summed E-state index contributed by atoms with van der Waals surface area (Å²) in [5.41, 5.74) is -0.397. The third kappa shape index (κ3) is 9.20. The number of amides is 1. The Bertz CT molecular complexity index is 1970. The molecule has 4 heterocycles. The molecule has 278 valence electrons. The Morgan fingerprint density at radius 2 is 2.10 bits per heavy atom. The standard InChI is InChI=1S/C29H36N10O10P2S/c1-15(2)26(41)37-29-36-25-22(27(42)38-29)34-14-39(25)28-23(16(3)21(11-40)47-28)49-51(52,45-6-4-5-30)46-12-17-7-19(8-20(17)48-50(43)44)35-24-18(9-31)10-32-13-33-24/h10,13-17,19-21,23,28,40H,4,6-8,11-12H2,1-3H3,(H3-,32,33,35,36,37,38,41,42,43,44)/p+1/t16-,17-,19-,20+,21-,23-,28-,51?/m1/s1. The van der Waals surface area contributed by atoms with Crippen LogP contribution in [0.15, 0.2) is 23.6 Å². The third-order valence-corrected chi connectivity index (χ3v) is 11.3. The second kappa shape index (κ2) is 17.3. The fourth-order valence-electron chi connectivity index (χ4n) is 5.85. The van der Waals surface area contributed by atoms with Crippen LogP contribution in [0.25, 0.3) is 11.2 Å². The minimum atomic E-state index is -3.77. The van der Waals surface area contributed by atoms with Gasteiger partial charge in [0.1, 0.15) is 36.0 Å². The van der Waals surface area contributed by atoms with Crippen LogP contribution in [0.3, 0.4) is 0 Å². The fourth-order valence-corrected chi connectivity index (χ4v) is 8.52. The number of nitriles is 2. The average molecular weight is 780 g/mol. The lowest BCUT2D eigenvalue weighted by molar-refractivity contribution is -0.118. The van der Waals surface area contributed by atoms with E-state index in [1.165, 1.54) is 23.4 Å². The summed E-state index contributed by atoms with van der Waals surface area (Å²) in [4.78, 5) is 53.9. The number of aromatic nitrogens is 6. The average Bonchev–Trinajstić information content (AvgIpc) is 3.79. The Kier molecular flexibility index (Phi) is 13.1. The van der Waals surface area contributed by atoms with Crippen LogP contribution in [0.1, 0.15) is 51.8 Å². The van der Waals surface area contributed by atoms with Crippen LogP contribution in [0.4, 0.5) is 11.8 Å². The normalized spacial score (nSPS) is 25.8. The van der Waals surface area contributed by atoms with Gasteiger partial charge in [-0.3, -0.25) is 24.5 Å². The van der Waals surface area contributed by atoms with Crippen molar-refractivity contribution in [3.8, 4) is 12.1 Å². The van der Waals surface area contributed by atoms with Crippen molar-refractivity contribution in [3.05, 3.63) is 34.8 Å². The molecule has 5 N–H and O–H groups in total. The van der Waals surface area contributed by atoms with Gasteiger partial charge in [0.2, 0.25) is 11.9 Å². The van der Waals surface area contributed by atoms with E-state index in [9.17, 15) is 34.7 Å². The monoisotopic (exact) mass is 779 g/mol. The summed E-state index contributed by atoms with van der Waals surface area (Å²) < 4.78 is 43.3. The molecule has 3 aromatic rings. The van der Waals surface area contributed by atoms with Crippen molar-refractivity contribution in [1.82, 2.24) is 29.5 Å². The van der Waals surface area contributed by atoms with Crippen molar-refractivity contribution in [3.63, 3.8) is 0 Å². The van der Waals surface area contributed by atoms with Crippen LogP contribution in [0.2, 0.25) is 0 Å². The number of fused-ring (bicyclic) bond motifs is 1. The lowest BCUT2D eigenvalue weighted by Crippen LogP contribution is -2.29. The van der Waals surface area contributed by atoms with Crippen molar-refractivity contribution in [2.75, 3.05) is 30.5 Å². The highest BCUT2D eigenvalue weighted by atomic mass is 32.5. The van der Waals surface area contributed by atoms with Crippen LogP contribution in [0.5, 0.6) is 0 Å². The van der Waals surface area contributed by atoms with E-state index in [1.54, 1.807) is 20.8 Å². The summed E-state index contributed by atoms with van der Waals surface area (Å²) in [6.45, 7) is 0.658. The number of nitrogens with zero attached hydrogens (tertiary/aromatic N) is 7. The van der Waals surface area contributed by atoms with Crippen molar-refractivity contribution in [2.24, 2.45) is 17.8 Å². The summed E-state index contributed by atoms with van der Waals surface area (Å²) in [7, 11) is -2.98. The predicted octanol–water partition coefficient (Wildman–Crippen LogP) is 2.38. The first-order valence-electron chi connectivity index (χ1n) is 16.1. The first-order valence-corrected chi connectivity index (χ1v) is 19.8. The number of aliphatic hydroxyl groups excluding tert-OH is 1. The summed E-state index contributed by atoms with van der Waals surface area (Å²) in [5, 5.41) is 34.6. The van der Waals surface area contributed by atoms with Gasteiger partial charge in [0.15, 0.2) is 17.4 Å². The Hall–Kier alpha value is -3.85. The van der Waals surface area contributed by atoms with Gasteiger partial charge in [-0.2, -0.15) is 15.5 Å². The SMILES string of the molecule is CC(C)C(=O)Nc1nc2c(ncn2[C@@H]2O[C@H](CO)[C@@H](C)[C@H]2OP(=S)(OCCC#N)OC[C@H]2C[C@@H](Nc3ncncc3C#N)C[C@@H]2O[P+](=O)O)c(=O)[nH]1. The Morgan fingerprint density at radius 3 is 2.79 bits per heavy atom. The molecular formula is C29H37N10O10P2S+. The molecule has 2 unspecified atom stereocenters. The number of aromatic amines is 1. The summed E-state index contributed by atoms with van der Waals surface area (Å²) in [6.07, 6.45) is 0.958. The van der Waals surface area contributed by atoms with Crippen LogP contribution in [-0.2, 0) is 44.0 Å². The van der Waals surface area contributed by atoms with Gasteiger partial charge in [0, 0.05) is 28.4 Å². The van der Waals surface area contributed by atoms with Crippen LogP contribution < -0.4 is 16.2 Å². The topological polar surface area (TPSA) is 282 Å². The highest BCUT2D eigenvalue weighted by Crippen LogP contribution is 2.56. The van der Waals surface area contributed by atoms with E-state index in [-0.39, 0.29) is 60.7 Å². The van der Waals surface area contributed by atoms with E-state index in [4.69, 9.17) is 34.6 Å². The number of nitrogens with one attached hydrogen (secondary N) is 3. The van der Waals surface area contributed by atoms with Crippen LogP contribution in [-0.4, -0.2) is 89.6 Å². The van der Waals surface area contributed by atoms with Gasteiger partial charge in [0.05, 0.1) is 50.9 Å². The maximum Gasteiger partial charge on any atom is 0.695 e. The summed E-state index contributed by atoms with van der Waals surface area (Å²) in [5.74, 6) is -1.63. The molecular weight excluding hydrogens is 742 g/mol. The molecule has 2 aliphatic rings. The molecule has 1 saturated heterocycles. The molecule has 1 aliphatic carbocycles. The second-order valence-electron chi connectivity index (χ2n) is 12.4. The number of hydrogen-bond donors (Lipinski definition) is 5. The maximum absolute atomic E-state index is 12.9. The number of ether oxygens (including phenoxy) is 1. The number of anilines is 2. The van der Waals surface area contributed by atoms with Crippen LogP contribution >= 0.6 is 15.0 Å². The molecule has 0 bridgehead atoms. The fraction of sp³-hybridized carbons (Fsp3) is 0.586. The molecule has 0 radical (unpaired) electrons. The first kappa shape index (κ1) is 39.4. The number of hydrogen-bond acceptors (Lipinski definition) is 17. The lowest BCUT2D eigenvalue weighted by Gasteiger charge is -2.30. The first-order chi connectivity index (χ1) is 24.9. The summed E-state index contributed by atoms with van der Waals surface area (Å²) >= 11 is 5.86. The number of imidazole rings is 1. The quantitative estimate of drug-likeness (QED) is 0.103. The van der Waals surface area contributed by atoms with Gasteiger partial charge in [-0.05, 0) is 24.6 Å². The zero-order valence-corrected chi connectivity index (χ0v) is 30.8. The van der Waals surface area contributed by atoms with E-state index < -0.39 is 69.4 Å². The molecule has 2 fully saturated rings. The number of H-pyrrole nitrogens is 1. The molecule has 0 spiro atoms. The largest absolute Gasteiger partial charge is 0.695 e. The van der Waals surface area contributed by atoms with E-state index in [0.29, 0.717) is 12.2 Å². The zero-order valence-electron chi connectivity index (χ0n) is 28.2. The summed E-state index contributed by atoms with van der Waals surface area (Å²) in [6, 6.07) is 3.65. The smallest absolute Gasteiger partial charge is 0.394 e. The number of rotatable bonds is 16. The van der Waals surface area contributed by atoms with E-state index in [0.717, 1.165) is 0 Å².